The first-order valence-electron chi connectivity index (χ1n) is 7.57. The van der Waals surface area contributed by atoms with E-state index in [1.165, 1.54) is 5.56 Å². The van der Waals surface area contributed by atoms with Gasteiger partial charge < -0.3 is 4.42 Å². The van der Waals surface area contributed by atoms with Gasteiger partial charge in [-0.1, -0.05) is 54.1 Å². The Kier molecular flexibility index (Phi) is 4.79. The Morgan fingerprint density at radius 1 is 1.00 bits per heavy atom. The van der Waals surface area contributed by atoms with Crippen LogP contribution >= 0.6 is 11.6 Å². The lowest BCUT2D eigenvalue weighted by Gasteiger charge is -2.15. The first-order chi connectivity index (χ1) is 11.1. The minimum Gasteiger partial charge on any atom is -0.441 e. The fourth-order valence-corrected chi connectivity index (χ4v) is 2.75. The van der Waals surface area contributed by atoms with Crippen molar-refractivity contribution in [2.45, 2.75) is 20.0 Å². The van der Waals surface area contributed by atoms with E-state index < -0.39 is 0 Å². The van der Waals surface area contributed by atoms with Gasteiger partial charge in [-0.2, -0.15) is 0 Å². The van der Waals surface area contributed by atoms with Crippen molar-refractivity contribution in [1.82, 2.24) is 9.88 Å². The van der Waals surface area contributed by atoms with Crippen molar-refractivity contribution >= 4 is 11.6 Å². The van der Waals surface area contributed by atoms with Gasteiger partial charge in [0.15, 0.2) is 0 Å². The monoisotopic (exact) mass is 326 g/mol. The Labute approximate surface area is 141 Å². The van der Waals surface area contributed by atoms with E-state index >= 15 is 0 Å². The van der Waals surface area contributed by atoms with Gasteiger partial charge in [0.25, 0.3) is 0 Å². The molecule has 2 aromatic carbocycles. The molecule has 0 N–H and O–H groups in total. The summed E-state index contributed by atoms with van der Waals surface area (Å²) in [4.78, 5) is 6.85. The van der Waals surface area contributed by atoms with Gasteiger partial charge in [-0.05, 0) is 31.7 Å². The van der Waals surface area contributed by atoms with Crippen molar-refractivity contribution in [1.29, 1.82) is 0 Å². The van der Waals surface area contributed by atoms with Gasteiger partial charge in [-0.15, -0.1) is 0 Å². The maximum atomic E-state index is 6.22. The molecule has 0 bridgehead atoms. The zero-order valence-corrected chi connectivity index (χ0v) is 14.0. The van der Waals surface area contributed by atoms with Crippen molar-refractivity contribution in [3.63, 3.8) is 0 Å². The van der Waals surface area contributed by atoms with Crippen LogP contribution in [0.5, 0.6) is 0 Å². The Balaban J connectivity index is 1.75. The molecular weight excluding hydrogens is 308 g/mol. The molecule has 118 valence electrons. The van der Waals surface area contributed by atoms with Crippen molar-refractivity contribution in [2.75, 3.05) is 7.05 Å². The van der Waals surface area contributed by atoms with E-state index in [0.29, 0.717) is 10.9 Å². The van der Waals surface area contributed by atoms with Crippen LogP contribution in [0.15, 0.2) is 59.0 Å². The predicted molar refractivity (Wildman–Crippen MR) is 93.3 cm³/mol. The molecule has 0 spiro atoms. The molecule has 0 amide bonds. The van der Waals surface area contributed by atoms with Crippen molar-refractivity contribution in [3.8, 4) is 11.5 Å². The number of hydrogen-bond donors (Lipinski definition) is 0. The maximum absolute atomic E-state index is 6.22. The number of halogens is 1. The zero-order chi connectivity index (χ0) is 16.2. The van der Waals surface area contributed by atoms with Gasteiger partial charge in [0.05, 0.1) is 16.3 Å². The van der Waals surface area contributed by atoms with Gasteiger partial charge >= 0.3 is 0 Å². The summed E-state index contributed by atoms with van der Waals surface area (Å²) in [6, 6.07) is 18.0. The number of nitrogens with zero attached hydrogens (tertiary/aromatic N) is 2. The molecule has 1 heterocycles. The number of aryl methyl sites for hydroxylation is 1. The zero-order valence-electron chi connectivity index (χ0n) is 13.3. The van der Waals surface area contributed by atoms with E-state index in [-0.39, 0.29) is 0 Å². The number of aromatic nitrogens is 1. The molecule has 0 saturated heterocycles. The van der Waals surface area contributed by atoms with E-state index in [0.717, 1.165) is 30.1 Å². The highest BCUT2D eigenvalue weighted by molar-refractivity contribution is 6.33. The van der Waals surface area contributed by atoms with Crippen molar-refractivity contribution in [3.05, 3.63) is 76.6 Å². The van der Waals surface area contributed by atoms with Crippen molar-refractivity contribution < 1.29 is 4.42 Å². The van der Waals surface area contributed by atoms with Gasteiger partial charge in [0.2, 0.25) is 5.89 Å². The molecule has 4 heteroatoms. The van der Waals surface area contributed by atoms with Gasteiger partial charge in [-0.3, -0.25) is 4.90 Å². The number of benzene rings is 2. The molecule has 3 nitrogen and oxygen atoms in total. The minimum absolute atomic E-state index is 0.580. The highest BCUT2D eigenvalue weighted by atomic mass is 35.5. The molecule has 3 rings (SSSR count). The third-order valence-corrected chi connectivity index (χ3v) is 4.04. The highest BCUT2D eigenvalue weighted by Crippen LogP contribution is 2.28. The smallest absolute Gasteiger partial charge is 0.228 e. The fourth-order valence-electron chi connectivity index (χ4n) is 2.53. The standard InChI is InChI=1S/C19H19ClN2O/c1-14-18(13-22(2)12-15-8-4-3-5-9-15)21-19(23-14)16-10-6-7-11-17(16)20/h3-11H,12-13H2,1-2H3. The van der Waals surface area contributed by atoms with E-state index in [1.54, 1.807) is 0 Å². The minimum atomic E-state index is 0.580. The summed E-state index contributed by atoms with van der Waals surface area (Å²) in [7, 11) is 2.08. The summed E-state index contributed by atoms with van der Waals surface area (Å²) < 4.78 is 5.81. The summed E-state index contributed by atoms with van der Waals surface area (Å²) >= 11 is 6.22. The number of hydrogen-bond acceptors (Lipinski definition) is 3. The summed E-state index contributed by atoms with van der Waals surface area (Å²) in [6.45, 7) is 3.54. The molecular formula is C19H19ClN2O. The molecule has 1 aromatic heterocycles. The predicted octanol–water partition coefficient (Wildman–Crippen LogP) is 4.94. The highest BCUT2D eigenvalue weighted by Gasteiger charge is 2.15. The van der Waals surface area contributed by atoms with Gasteiger partial charge in [-0.25, -0.2) is 4.98 Å². The van der Waals surface area contributed by atoms with Crippen LogP contribution in [0, 0.1) is 6.92 Å². The van der Waals surface area contributed by atoms with Crippen LogP contribution in [0.1, 0.15) is 17.0 Å². The van der Waals surface area contributed by atoms with Crippen LogP contribution in [-0.2, 0) is 13.1 Å². The average molecular weight is 327 g/mol. The second-order valence-corrected chi connectivity index (χ2v) is 6.07. The SMILES string of the molecule is Cc1oc(-c2ccccc2Cl)nc1CN(C)Cc1ccccc1. The molecule has 23 heavy (non-hydrogen) atoms. The van der Waals surface area contributed by atoms with Crippen LogP contribution in [0.3, 0.4) is 0 Å². The third kappa shape index (κ3) is 3.81. The Hall–Kier alpha value is -2.10. The first kappa shape index (κ1) is 15.8. The molecule has 0 atom stereocenters. The van der Waals surface area contributed by atoms with Gasteiger partial charge in [0, 0.05) is 13.1 Å². The summed E-state index contributed by atoms with van der Waals surface area (Å²) in [5.41, 5.74) is 3.05. The second kappa shape index (κ2) is 6.99. The normalized spacial score (nSPS) is 11.1. The number of oxazole rings is 1. The van der Waals surface area contributed by atoms with Crippen molar-refractivity contribution in [2.24, 2.45) is 0 Å². The summed E-state index contributed by atoms with van der Waals surface area (Å²) in [5, 5.41) is 0.651. The molecule has 0 unspecified atom stereocenters. The van der Waals surface area contributed by atoms with Gasteiger partial charge in [0.1, 0.15) is 5.76 Å². The van der Waals surface area contributed by atoms with E-state index in [4.69, 9.17) is 16.0 Å². The first-order valence-corrected chi connectivity index (χ1v) is 7.95. The quantitative estimate of drug-likeness (QED) is 0.665. The average Bonchev–Trinajstić information content (AvgIpc) is 2.89. The molecule has 0 saturated carbocycles. The molecule has 0 radical (unpaired) electrons. The lowest BCUT2D eigenvalue weighted by Crippen LogP contribution is -2.17. The third-order valence-electron chi connectivity index (χ3n) is 3.71. The summed E-state index contributed by atoms with van der Waals surface area (Å²) in [5.74, 6) is 1.41. The Morgan fingerprint density at radius 3 is 2.43 bits per heavy atom. The second-order valence-electron chi connectivity index (χ2n) is 5.66. The molecule has 0 aliphatic heterocycles. The van der Waals surface area contributed by atoms with E-state index in [2.05, 4.69) is 41.2 Å². The topological polar surface area (TPSA) is 29.3 Å². The Morgan fingerprint density at radius 2 is 1.70 bits per heavy atom. The largest absolute Gasteiger partial charge is 0.441 e. The summed E-state index contributed by atoms with van der Waals surface area (Å²) in [6.07, 6.45) is 0. The lowest BCUT2D eigenvalue weighted by molar-refractivity contribution is 0.313. The van der Waals surface area contributed by atoms with Crippen LogP contribution < -0.4 is 0 Å². The molecule has 0 aliphatic rings. The van der Waals surface area contributed by atoms with E-state index in [9.17, 15) is 0 Å². The number of rotatable bonds is 5. The Bertz CT molecular complexity index is 783. The maximum Gasteiger partial charge on any atom is 0.228 e. The molecule has 3 aromatic rings. The van der Waals surface area contributed by atoms with Crippen LogP contribution in [0.4, 0.5) is 0 Å². The van der Waals surface area contributed by atoms with E-state index in [1.807, 2.05) is 37.3 Å². The lowest BCUT2D eigenvalue weighted by atomic mass is 10.2. The van der Waals surface area contributed by atoms with Crippen LogP contribution in [0.25, 0.3) is 11.5 Å². The van der Waals surface area contributed by atoms with Crippen LogP contribution in [-0.4, -0.2) is 16.9 Å². The van der Waals surface area contributed by atoms with Crippen LogP contribution in [0.2, 0.25) is 5.02 Å². The molecule has 0 fully saturated rings. The fraction of sp³-hybridized carbons (Fsp3) is 0.211. The molecule has 0 aliphatic carbocycles.